The van der Waals surface area contributed by atoms with Gasteiger partial charge in [-0.1, -0.05) is 23.1 Å². The predicted octanol–water partition coefficient (Wildman–Crippen LogP) is 2.58. The second kappa shape index (κ2) is 9.11. The standard InChI is InChI=1S/C16H19N5O4S2/c1-25-8-6-17-15-18-19-16(27-15)26-10-14(22)20-7-2-3-11-9-12(21(23)24)4-5-13(11)20/h4-5,9H,2-3,6-8,10H2,1H3,(H,17,18). The minimum absolute atomic E-state index is 0.0427. The maximum absolute atomic E-state index is 12.7. The van der Waals surface area contributed by atoms with E-state index in [1.807, 2.05) is 0 Å². The first kappa shape index (κ1) is 19.5. The van der Waals surface area contributed by atoms with Crippen molar-refractivity contribution in [3.8, 4) is 0 Å². The first-order chi connectivity index (χ1) is 13.1. The van der Waals surface area contributed by atoms with Crippen LogP contribution in [0.25, 0.3) is 0 Å². The Hall–Kier alpha value is -2.24. The third kappa shape index (κ3) is 4.93. The van der Waals surface area contributed by atoms with Crippen LogP contribution in [0.15, 0.2) is 22.5 Å². The highest BCUT2D eigenvalue weighted by atomic mass is 32.2. The second-order valence-corrected chi connectivity index (χ2v) is 8.00. The van der Waals surface area contributed by atoms with E-state index in [-0.39, 0.29) is 17.3 Å². The Labute approximate surface area is 164 Å². The Bertz CT molecular complexity index is 829. The number of nitrogens with one attached hydrogen (secondary N) is 1. The summed E-state index contributed by atoms with van der Waals surface area (Å²) < 4.78 is 5.68. The molecule has 1 aromatic heterocycles. The van der Waals surface area contributed by atoms with E-state index in [1.54, 1.807) is 24.1 Å². The summed E-state index contributed by atoms with van der Waals surface area (Å²) in [5.74, 6) is 0.197. The van der Waals surface area contributed by atoms with Crippen LogP contribution in [0, 0.1) is 10.1 Å². The number of nitrogens with zero attached hydrogens (tertiary/aromatic N) is 4. The van der Waals surface area contributed by atoms with Gasteiger partial charge in [-0.05, 0) is 24.5 Å². The van der Waals surface area contributed by atoms with Crippen LogP contribution in [0.4, 0.5) is 16.5 Å². The molecule has 11 heteroatoms. The number of methoxy groups -OCH3 is 1. The molecule has 0 atom stereocenters. The number of carbonyl (C=O) groups excluding carboxylic acids is 1. The highest BCUT2D eigenvalue weighted by Crippen LogP contribution is 2.32. The van der Waals surface area contributed by atoms with E-state index in [2.05, 4.69) is 15.5 Å². The van der Waals surface area contributed by atoms with Crippen molar-refractivity contribution in [2.24, 2.45) is 0 Å². The monoisotopic (exact) mass is 409 g/mol. The number of thioether (sulfide) groups is 1. The Kier molecular flexibility index (Phi) is 6.58. The molecule has 2 heterocycles. The van der Waals surface area contributed by atoms with Crippen molar-refractivity contribution < 1.29 is 14.5 Å². The van der Waals surface area contributed by atoms with E-state index < -0.39 is 4.92 Å². The number of fused-ring (bicyclic) bond motifs is 1. The molecule has 1 aliphatic rings. The average molecular weight is 409 g/mol. The Morgan fingerprint density at radius 1 is 1.48 bits per heavy atom. The number of aromatic nitrogens is 2. The summed E-state index contributed by atoms with van der Waals surface area (Å²) in [7, 11) is 1.63. The molecule has 0 saturated carbocycles. The molecule has 3 rings (SSSR count). The summed E-state index contributed by atoms with van der Waals surface area (Å²) in [6, 6.07) is 4.67. The van der Waals surface area contributed by atoms with Crippen molar-refractivity contribution in [3.63, 3.8) is 0 Å². The van der Waals surface area contributed by atoms with Gasteiger partial charge in [0.15, 0.2) is 4.34 Å². The zero-order valence-corrected chi connectivity index (χ0v) is 16.3. The number of non-ortho nitro benzene ring substituents is 1. The number of hydrogen-bond acceptors (Lipinski definition) is 9. The number of anilines is 2. The van der Waals surface area contributed by atoms with E-state index in [1.165, 1.54) is 29.2 Å². The lowest BCUT2D eigenvalue weighted by atomic mass is 10.0. The number of nitro benzene ring substituents is 1. The van der Waals surface area contributed by atoms with Gasteiger partial charge in [-0.25, -0.2) is 0 Å². The third-order valence-corrected chi connectivity index (χ3v) is 6.00. The minimum Gasteiger partial charge on any atom is -0.383 e. The fourth-order valence-corrected chi connectivity index (χ4v) is 4.41. The van der Waals surface area contributed by atoms with Gasteiger partial charge in [-0.2, -0.15) is 0 Å². The lowest BCUT2D eigenvalue weighted by Gasteiger charge is -2.29. The SMILES string of the molecule is COCCNc1nnc(SCC(=O)N2CCCc3cc([N+](=O)[O-])ccc32)s1. The molecule has 0 spiro atoms. The molecule has 1 aromatic carbocycles. The summed E-state index contributed by atoms with van der Waals surface area (Å²) >= 11 is 2.73. The molecule has 0 fully saturated rings. The summed E-state index contributed by atoms with van der Waals surface area (Å²) in [6.07, 6.45) is 1.53. The van der Waals surface area contributed by atoms with E-state index in [0.29, 0.717) is 29.2 Å². The number of ether oxygens (including phenoxy) is 1. The molecule has 2 aromatic rings. The number of amides is 1. The molecule has 0 saturated heterocycles. The number of carbonyl (C=O) groups is 1. The number of hydrogen-bond donors (Lipinski definition) is 1. The zero-order chi connectivity index (χ0) is 19.2. The summed E-state index contributed by atoms with van der Waals surface area (Å²) in [5, 5.41) is 22.8. The molecule has 1 aliphatic heterocycles. The lowest BCUT2D eigenvalue weighted by molar-refractivity contribution is -0.384. The van der Waals surface area contributed by atoms with Crippen LogP contribution in [0.3, 0.4) is 0 Å². The number of nitro groups is 1. The third-order valence-electron chi connectivity index (χ3n) is 4.00. The fourth-order valence-electron chi connectivity index (χ4n) is 2.76. The minimum atomic E-state index is -0.412. The van der Waals surface area contributed by atoms with Crippen LogP contribution < -0.4 is 10.2 Å². The summed E-state index contributed by atoms with van der Waals surface area (Å²) in [6.45, 7) is 1.84. The van der Waals surface area contributed by atoms with Crippen molar-refractivity contribution >= 4 is 45.5 Å². The van der Waals surface area contributed by atoms with Gasteiger partial charge in [-0.3, -0.25) is 14.9 Å². The molecule has 1 amide bonds. The molecule has 9 nitrogen and oxygen atoms in total. The van der Waals surface area contributed by atoms with Crippen molar-refractivity contribution in [2.75, 3.05) is 42.8 Å². The van der Waals surface area contributed by atoms with Gasteiger partial charge in [-0.15, -0.1) is 10.2 Å². The van der Waals surface area contributed by atoms with Crippen molar-refractivity contribution in [2.45, 2.75) is 17.2 Å². The van der Waals surface area contributed by atoms with Gasteiger partial charge in [0.25, 0.3) is 5.69 Å². The van der Waals surface area contributed by atoms with Gasteiger partial charge in [0.1, 0.15) is 0 Å². The van der Waals surface area contributed by atoms with Gasteiger partial charge >= 0.3 is 0 Å². The molecule has 144 valence electrons. The van der Waals surface area contributed by atoms with Gasteiger partial charge in [0.2, 0.25) is 11.0 Å². The molecule has 0 aliphatic carbocycles. The smallest absolute Gasteiger partial charge is 0.269 e. The molecule has 0 unspecified atom stereocenters. The maximum Gasteiger partial charge on any atom is 0.269 e. The summed E-state index contributed by atoms with van der Waals surface area (Å²) in [5.41, 5.74) is 1.66. The van der Waals surface area contributed by atoms with E-state index >= 15 is 0 Å². The topological polar surface area (TPSA) is 110 Å². The van der Waals surface area contributed by atoms with E-state index in [0.717, 1.165) is 24.1 Å². The molecule has 1 N–H and O–H groups in total. The van der Waals surface area contributed by atoms with Crippen LogP contribution in [0.5, 0.6) is 0 Å². The number of rotatable bonds is 8. The summed E-state index contributed by atoms with van der Waals surface area (Å²) in [4.78, 5) is 24.9. The van der Waals surface area contributed by atoms with Crippen LogP contribution in [-0.4, -0.2) is 53.6 Å². The van der Waals surface area contributed by atoms with E-state index in [4.69, 9.17) is 4.74 Å². The number of aryl methyl sites for hydroxylation is 1. The highest BCUT2D eigenvalue weighted by Gasteiger charge is 2.24. The fraction of sp³-hybridized carbons (Fsp3) is 0.438. The molecule has 0 bridgehead atoms. The largest absolute Gasteiger partial charge is 0.383 e. The van der Waals surface area contributed by atoms with Gasteiger partial charge in [0, 0.05) is 38.0 Å². The Balaban J connectivity index is 1.60. The van der Waals surface area contributed by atoms with Gasteiger partial charge in [0.05, 0.1) is 17.3 Å². The van der Waals surface area contributed by atoms with Crippen molar-refractivity contribution in [3.05, 3.63) is 33.9 Å². The molecular formula is C16H19N5O4S2. The van der Waals surface area contributed by atoms with E-state index in [9.17, 15) is 14.9 Å². The Morgan fingerprint density at radius 3 is 3.11 bits per heavy atom. The van der Waals surface area contributed by atoms with Crippen LogP contribution in [-0.2, 0) is 16.0 Å². The van der Waals surface area contributed by atoms with Crippen molar-refractivity contribution in [1.29, 1.82) is 0 Å². The van der Waals surface area contributed by atoms with Crippen LogP contribution in [0.1, 0.15) is 12.0 Å². The quantitative estimate of drug-likeness (QED) is 0.307. The molecule has 27 heavy (non-hydrogen) atoms. The highest BCUT2D eigenvalue weighted by molar-refractivity contribution is 8.01. The Morgan fingerprint density at radius 2 is 2.33 bits per heavy atom. The lowest BCUT2D eigenvalue weighted by Crippen LogP contribution is -2.36. The normalized spacial score (nSPS) is 13.3. The van der Waals surface area contributed by atoms with Gasteiger partial charge < -0.3 is 15.0 Å². The van der Waals surface area contributed by atoms with Crippen LogP contribution >= 0.6 is 23.1 Å². The molecule has 0 radical (unpaired) electrons. The van der Waals surface area contributed by atoms with Crippen LogP contribution in [0.2, 0.25) is 0 Å². The second-order valence-electron chi connectivity index (χ2n) is 5.80. The average Bonchev–Trinajstić information content (AvgIpc) is 3.13. The van der Waals surface area contributed by atoms with Crippen molar-refractivity contribution in [1.82, 2.24) is 10.2 Å². The predicted molar refractivity (Wildman–Crippen MR) is 105 cm³/mol. The maximum atomic E-state index is 12.7. The first-order valence-electron chi connectivity index (χ1n) is 8.35. The number of benzene rings is 1. The first-order valence-corrected chi connectivity index (χ1v) is 10.2. The molecular weight excluding hydrogens is 390 g/mol. The zero-order valence-electron chi connectivity index (χ0n) is 14.7.